The van der Waals surface area contributed by atoms with Crippen LogP contribution in [0, 0.1) is 0 Å². The van der Waals surface area contributed by atoms with Gasteiger partial charge in [0.05, 0.1) is 17.4 Å². The topological polar surface area (TPSA) is 54.0 Å². The Morgan fingerprint density at radius 2 is 1.72 bits per heavy atom. The molecule has 1 aromatic carbocycles. The highest BCUT2D eigenvalue weighted by Gasteiger charge is 2.18. The summed E-state index contributed by atoms with van der Waals surface area (Å²) in [6.07, 6.45) is 7.93. The third-order valence-electron chi connectivity index (χ3n) is 4.73. The minimum absolute atomic E-state index is 0.0360. The second-order valence-electron chi connectivity index (χ2n) is 7.87. The normalized spacial score (nSPS) is 15.2. The number of rotatable bonds is 4. The van der Waals surface area contributed by atoms with E-state index in [1.807, 2.05) is 6.07 Å². The molecule has 0 saturated heterocycles. The number of nitrogens with zero attached hydrogens (tertiary/aromatic N) is 1. The molecule has 1 fully saturated rings. The van der Waals surface area contributed by atoms with Crippen molar-refractivity contribution >= 4 is 17.3 Å². The SMILES string of the molecule is CC(C)(C)c1ccc(Nc2cncc(C(=O)NC3CCCC3)c2)cc1. The van der Waals surface area contributed by atoms with E-state index < -0.39 is 0 Å². The molecule has 1 aliphatic rings. The van der Waals surface area contributed by atoms with Crippen LogP contribution >= 0.6 is 0 Å². The number of pyridine rings is 1. The third-order valence-corrected chi connectivity index (χ3v) is 4.73. The van der Waals surface area contributed by atoms with Gasteiger partial charge in [-0.15, -0.1) is 0 Å². The van der Waals surface area contributed by atoms with Crippen LogP contribution in [0.4, 0.5) is 11.4 Å². The number of anilines is 2. The summed E-state index contributed by atoms with van der Waals surface area (Å²) in [6.45, 7) is 6.60. The van der Waals surface area contributed by atoms with Crippen LogP contribution in [-0.2, 0) is 5.41 Å². The number of carbonyl (C=O) groups is 1. The highest BCUT2D eigenvalue weighted by atomic mass is 16.1. The highest BCUT2D eigenvalue weighted by Crippen LogP contribution is 2.25. The molecule has 1 aromatic heterocycles. The van der Waals surface area contributed by atoms with Gasteiger partial charge in [0.25, 0.3) is 5.91 Å². The van der Waals surface area contributed by atoms with Crippen LogP contribution < -0.4 is 10.6 Å². The van der Waals surface area contributed by atoms with E-state index in [0.717, 1.165) is 24.2 Å². The van der Waals surface area contributed by atoms with Gasteiger partial charge in [0, 0.05) is 17.9 Å². The molecule has 1 aliphatic carbocycles. The molecule has 0 spiro atoms. The van der Waals surface area contributed by atoms with Crippen molar-refractivity contribution in [2.75, 3.05) is 5.32 Å². The summed E-state index contributed by atoms with van der Waals surface area (Å²) < 4.78 is 0. The number of hydrogen-bond acceptors (Lipinski definition) is 3. The Labute approximate surface area is 150 Å². The molecule has 1 saturated carbocycles. The Morgan fingerprint density at radius 3 is 2.36 bits per heavy atom. The first kappa shape index (κ1) is 17.5. The van der Waals surface area contributed by atoms with Crippen molar-refractivity contribution in [1.82, 2.24) is 10.3 Å². The Kier molecular flexibility index (Phi) is 5.07. The minimum atomic E-state index is -0.0360. The fourth-order valence-electron chi connectivity index (χ4n) is 3.19. The molecule has 132 valence electrons. The highest BCUT2D eigenvalue weighted by molar-refractivity contribution is 5.95. The van der Waals surface area contributed by atoms with Crippen LogP contribution in [0.25, 0.3) is 0 Å². The third kappa shape index (κ3) is 4.59. The zero-order valence-corrected chi connectivity index (χ0v) is 15.3. The largest absolute Gasteiger partial charge is 0.354 e. The van der Waals surface area contributed by atoms with Crippen molar-refractivity contribution in [2.24, 2.45) is 0 Å². The predicted molar refractivity (Wildman–Crippen MR) is 102 cm³/mol. The molecule has 4 heteroatoms. The molecular weight excluding hydrogens is 310 g/mol. The zero-order valence-electron chi connectivity index (χ0n) is 15.3. The van der Waals surface area contributed by atoms with Crippen molar-refractivity contribution in [3.63, 3.8) is 0 Å². The van der Waals surface area contributed by atoms with Crippen LogP contribution in [0.3, 0.4) is 0 Å². The lowest BCUT2D eigenvalue weighted by Gasteiger charge is -2.19. The van der Waals surface area contributed by atoms with E-state index in [-0.39, 0.29) is 11.3 Å². The molecule has 0 unspecified atom stereocenters. The van der Waals surface area contributed by atoms with Crippen LogP contribution in [0.5, 0.6) is 0 Å². The maximum absolute atomic E-state index is 12.4. The molecule has 2 N–H and O–H groups in total. The van der Waals surface area contributed by atoms with E-state index in [1.165, 1.54) is 18.4 Å². The zero-order chi connectivity index (χ0) is 17.9. The summed E-state index contributed by atoms with van der Waals surface area (Å²) in [5, 5.41) is 6.43. The van der Waals surface area contributed by atoms with Crippen molar-refractivity contribution in [2.45, 2.75) is 57.9 Å². The Balaban J connectivity index is 1.68. The molecule has 0 aliphatic heterocycles. The van der Waals surface area contributed by atoms with E-state index in [4.69, 9.17) is 0 Å². The molecule has 0 radical (unpaired) electrons. The summed E-state index contributed by atoms with van der Waals surface area (Å²) in [5.74, 6) is -0.0360. The van der Waals surface area contributed by atoms with E-state index in [0.29, 0.717) is 11.6 Å². The fraction of sp³-hybridized carbons (Fsp3) is 0.429. The van der Waals surface area contributed by atoms with Crippen LogP contribution in [0.2, 0.25) is 0 Å². The van der Waals surface area contributed by atoms with Crippen molar-refractivity contribution in [3.05, 3.63) is 53.9 Å². The molecule has 3 rings (SSSR count). The standard InChI is InChI=1S/C21H27N3O/c1-21(2,3)16-8-10-18(11-9-16)23-19-12-15(13-22-14-19)20(25)24-17-6-4-5-7-17/h8-14,17,23H,4-7H2,1-3H3,(H,24,25). The van der Waals surface area contributed by atoms with Crippen LogP contribution in [0.15, 0.2) is 42.7 Å². The van der Waals surface area contributed by atoms with Crippen molar-refractivity contribution in [3.8, 4) is 0 Å². The van der Waals surface area contributed by atoms with Gasteiger partial charge in [-0.25, -0.2) is 0 Å². The number of hydrogen-bond donors (Lipinski definition) is 2. The predicted octanol–water partition coefficient (Wildman–Crippen LogP) is 4.80. The van der Waals surface area contributed by atoms with E-state index in [9.17, 15) is 4.79 Å². The van der Waals surface area contributed by atoms with Crippen molar-refractivity contribution in [1.29, 1.82) is 0 Å². The second kappa shape index (κ2) is 7.26. The Morgan fingerprint density at radius 1 is 1.04 bits per heavy atom. The Hall–Kier alpha value is -2.36. The summed E-state index contributed by atoms with van der Waals surface area (Å²) in [7, 11) is 0. The maximum atomic E-state index is 12.4. The van der Waals surface area contributed by atoms with Gasteiger partial charge in [0.15, 0.2) is 0 Å². The average molecular weight is 337 g/mol. The summed E-state index contributed by atoms with van der Waals surface area (Å²) in [5.41, 5.74) is 3.84. The van der Waals surface area contributed by atoms with Gasteiger partial charge in [-0.3, -0.25) is 9.78 Å². The summed E-state index contributed by atoms with van der Waals surface area (Å²) >= 11 is 0. The molecule has 1 amide bonds. The molecule has 2 aromatic rings. The molecule has 0 atom stereocenters. The van der Waals surface area contributed by atoms with Gasteiger partial charge in [-0.1, -0.05) is 45.7 Å². The number of nitrogens with one attached hydrogen (secondary N) is 2. The Bertz CT molecular complexity index is 726. The lowest BCUT2D eigenvalue weighted by atomic mass is 9.87. The molecule has 25 heavy (non-hydrogen) atoms. The van der Waals surface area contributed by atoms with Gasteiger partial charge < -0.3 is 10.6 Å². The van der Waals surface area contributed by atoms with Gasteiger partial charge in [-0.2, -0.15) is 0 Å². The fourth-order valence-corrected chi connectivity index (χ4v) is 3.19. The van der Waals surface area contributed by atoms with Gasteiger partial charge in [0.1, 0.15) is 0 Å². The van der Waals surface area contributed by atoms with E-state index in [2.05, 4.69) is 60.7 Å². The average Bonchev–Trinajstić information content (AvgIpc) is 3.08. The van der Waals surface area contributed by atoms with E-state index in [1.54, 1.807) is 12.4 Å². The molecular formula is C21H27N3O. The summed E-state index contributed by atoms with van der Waals surface area (Å²) in [4.78, 5) is 16.6. The van der Waals surface area contributed by atoms with Gasteiger partial charge in [-0.05, 0) is 42.0 Å². The number of benzene rings is 1. The maximum Gasteiger partial charge on any atom is 0.253 e. The second-order valence-corrected chi connectivity index (χ2v) is 7.87. The number of carbonyl (C=O) groups excluding carboxylic acids is 1. The van der Waals surface area contributed by atoms with Gasteiger partial charge >= 0.3 is 0 Å². The van der Waals surface area contributed by atoms with Gasteiger partial charge in [0.2, 0.25) is 0 Å². The molecule has 0 bridgehead atoms. The lowest BCUT2D eigenvalue weighted by Crippen LogP contribution is -2.32. The van der Waals surface area contributed by atoms with Crippen molar-refractivity contribution < 1.29 is 4.79 Å². The first-order chi connectivity index (χ1) is 11.9. The first-order valence-corrected chi connectivity index (χ1v) is 9.05. The summed E-state index contributed by atoms with van der Waals surface area (Å²) in [6, 6.07) is 10.6. The first-order valence-electron chi connectivity index (χ1n) is 9.05. The van der Waals surface area contributed by atoms with E-state index >= 15 is 0 Å². The number of aromatic nitrogens is 1. The smallest absolute Gasteiger partial charge is 0.253 e. The monoisotopic (exact) mass is 337 g/mol. The molecule has 1 heterocycles. The minimum Gasteiger partial charge on any atom is -0.354 e. The van der Waals surface area contributed by atoms with Crippen LogP contribution in [-0.4, -0.2) is 16.9 Å². The molecule has 4 nitrogen and oxygen atoms in total. The quantitative estimate of drug-likeness (QED) is 0.843. The lowest BCUT2D eigenvalue weighted by molar-refractivity contribution is 0.0937. The van der Waals surface area contributed by atoms with Crippen LogP contribution in [0.1, 0.15) is 62.4 Å². The number of amides is 1.